The zero-order chi connectivity index (χ0) is 23.9. The molecule has 8 nitrogen and oxygen atoms in total. The molecule has 2 aliphatic heterocycles. The van der Waals surface area contributed by atoms with Crippen molar-refractivity contribution in [3.63, 3.8) is 0 Å². The van der Waals surface area contributed by atoms with Crippen LogP contribution in [-0.4, -0.2) is 75.6 Å². The molecule has 0 bridgehead atoms. The van der Waals surface area contributed by atoms with Crippen LogP contribution in [0.25, 0.3) is 11.1 Å². The van der Waals surface area contributed by atoms with Crippen LogP contribution >= 0.6 is 11.3 Å². The highest BCUT2D eigenvalue weighted by Gasteiger charge is 2.38. The number of H-pyrrole nitrogens is 1. The van der Waals surface area contributed by atoms with Crippen molar-refractivity contribution < 1.29 is 22.8 Å². The number of thiazole rings is 1. The number of carbonyl (C=O) groups is 2. The number of nitrogens with zero attached hydrogens (tertiary/aromatic N) is 5. The zero-order valence-corrected chi connectivity index (χ0v) is 18.8. The minimum absolute atomic E-state index is 0.0204. The van der Waals surface area contributed by atoms with Crippen molar-refractivity contribution in [3.8, 4) is 11.1 Å². The topological polar surface area (TPSA) is 85.4 Å². The van der Waals surface area contributed by atoms with E-state index in [2.05, 4.69) is 15.0 Å². The lowest BCUT2D eigenvalue weighted by Crippen LogP contribution is -2.52. The molecule has 0 aliphatic carbocycles. The van der Waals surface area contributed by atoms with E-state index in [9.17, 15) is 22.8 Å². The van der Waals surface area contributed by atoms with Gasteiger partial charge in [0, 0.05) is 68.0 Å². The van der Waals surface area contributed by atoms with Gasteiger partial charge >= 0.3 is 6.18 Å². The molecule has 1 unspecified atom stereocenters. The van der Waals surface area contributed by atoms with Crippen LogP contribution in [0.1, 0.15) is 21.9 Å². The molecule has 0 spiro atoms. The van der Waals surface area contributed by atoms with Crippen LogP contribution in [0.4, 0.5) is 18.9 Å². The summed E-state index contributed by atoms with van der Waals surface area (Å²) in [6.45, 7) is 2.85. The Morgan fingerprint density at radius 3 is 2.68 bits per heavy atom. The van der Waals surface area contributed by atoms with E-state index in [1.54, 1.807) is 45.6 Å². The van der Waals surface area contributed by atoms with E-state index in [0.29, 0.717) is 55.4 Å². The van der Waals surface area contributed by atoms with Crippen LogP contribution in [0.3, 0.4) is 0 Å². The molecular weight excluding hydrogens is 469 g/mol. The summed E-state index contributed by atoms with van der Waals surface area (Å²) in [7, 11) is 0. The average molecular weight is 491 g/mol. The van der Waals surface area contributed by atoms with Gasteiger partial charge in [0.2, 0.25) is 5.91 Å². The van der Waals surface area contributed by atoms with E-state index in [-0.39, 0.29) is 23.4 Å². The Labute approximate surface area is 197 Å². The third-order valence-corrected chi connectivity index (χ3v) is 6.99. The maximum atomic E-state index is 13.3. The van der Waals surface area contributed by atoms with E-state index in [0.717, 1.165) is 6.20 Å². The summed E-state index contributed by atoms with van der Waals surface area (Å²) in [5.41, 5.74) is -0.0833. The molecule has 1 atom stereocenters. The van der Waals surface area contributed by atoms with Gasteiger partial charge in [-0.05, 0) is 17.7 Å². The molecule has 2 aliphatic rings. The van der Waals surface area contributed by atoms with Gasteiger partial charge in [-0.3, -0.25) is 19.6 Å². The summed E-state index contributed by atoms with van der Waals surface area (Å²) in [5.74, 6) is -0.153. The Kier molecular flexibility index (Phi) is 5.86. The van der Waals surface area contributed by atoms with Gasteiger partial charge in [-0.2, -0.15) is 18.3 Å². The fourth-order valence-corrected chi connectivity index (χ4v) is 5.10. The summed E-state index contributed by atoms with van der Waals surface area (Å²) in [6, 6.07) is 6.50. The molecule has 1 N–H and O–H groups in total. The number of piperazine rings is 1. The van der Waals surface area contributed by atoms with Crippen molar-refractivity contribution in [2.45, 2.75) is 18.6 Å². The molecule has 34 heavy (non-hydrogen) atoms. The number of aromatic nitrogens is 3. The van der Waals surface area contributed by atoms with Gasteiger partial charge in [-0.15, -0.1) is 11.3 Å². The normalized spacial score (nSPS) is 19.7. The lowest BCUT2D eigenvalue weighted by atomic mass is 10.1. The molecule has 2 saturated heterocycles. The number of carbonyl (C=O) groups excluding carboxylic acids is 2. The Morgan fingerprint density at radius 2 is 1.97 bits per heavy atom. The fraction of sp³-hybridized carbons (Fsp3) is 0.364. The number of hydrogen-bond acceptors (Lipinski definition) is 6. The molecule has 0 radical (unpaired) electrons. The van der Waals surface area contributed by atoms with Gasteiger partial charge in [0.1, 0.15) is 5.69 Å². The van der Waals surface area contributed by atoms with Gasteiger partial charge in [0.25, 0.3) is 5.91 Å². The number of nitrogens with one attached hydrogen (secondary N) is 1. The van der Waals surface area contributed by atoms with Crippen molar-refractivity contribution in [3.05, 3.63) is 52.7 Å². The van der Waals surface area contributed by atoms with Crippen LogP contribution in [0, 0.1) is 0 Å². The van der Waals surface area contributed by atoms with Crippen LogP contribution in [0.2, 0.25) is 0 Å². The lowest BCUT2D eigenvalue weighted by molar-refractivity contribution is -0.140. The monoisotopic (exact) mass is 490 g/mol. The predicted octanol–water partition coefficient (Wildman–Crippen LogP) is 3.12. The molecular formula is C22H21F3N6O2S. The largest absolute Gasteiger partial charge is 0.433 e. The first-order valence-corrected chi connectivity index (χ1v) is 11.6. The van der Waals surface area contributed by atoms with Crippen LogP contribution in [0.5, 0.6) is 0 Å². The third-order valence-electron chi connectivity index (χ3n) is 6.23. The summed E-state index contributed by atoms with van der Waals surface area (Å²) in [6.07, 6.45) is -1.48. The van der Waals surface area contributed by atoms with Crippen molar-refractivity contribution in [2.24, 2.45) is 0 Å². The van der Waals surface area contributed by atoms with Gasteiger partial charge < -0.3 is 9.80 Å². The molecule has 3 aromatic rings. The molecule has 2 aromatic heterocycles. The van der Waals surface area contributed by atoms with E-state index in [1.165, 1.54) is 11.3 Å². The minimum atomic E-state index is -4.56. The molecule has 2 amide bonds. The number of benzene rings is 1. The quantitative estimate of drug-likeness (QED) is 0.608. The standard InChI is InChI=1S/C22H21F3N6O2S/c23-22(24,25)19-17(12-27-28-19)14-2-1-3-15(10-14)31-13-16(11-18(31)32)29-5-7-30(8-6-29)21(33)20-26-4-9-34-20/h1-4,9-10,12,16H,5-8,11,13H2,(H,27,28). The van der Waals surface area contributed by atoms with Gasteiger partial charge in [-0.1, -0.05) is 12.1 Å². The van der Waals surface area contributed by atoms with Crippen molar-refractivity contribution >= 4 is 28.8 Å². The average Bonchev–Trinajstić information content (AvgIpc) is 3.59. The highest BCUT2D eigenvalue weighted by Crippen LogP contribution is 2.37. The van der Waals surface area contributed by atoms with E-state index >= 15 is 0 Å². The third kappa shape index (κ3) is 4.30. The number of halogens is 3. The second-order valence-electron chi connectivity index (χ2n) is 8.23. The number of rotatable bonds is 4. The number of aromatic amines is 1. The second kappa shape index (κ2) is 8.84. The highest BCUT2D eigenvalue weighted by molar-refractivity contribution is 7.11. The molecule has 0 saturated carbocycles. The van der Waals surface area contributed by atoms with Gasteiger partial charge in [0.15, 0.2) is 5.01 Å². The summed E-state index contributed by atoms with van der Waals surface area (Å²) >= 11 is 1.32. The Bertz CT molecular complexity index is 1190. The molecule has 178 valence electrons. The van der Waals surface area contributed by atoms with Crippen LogP contribution in [0.15, 0.2) is 42.0 Å². The molecule has 12 heteroatoms. The SMILES string of the molecule is O=C(c1nccs1)N1CCN(C2CC(=O)N(c3cccc(-c4cn[nH]c4C(F)(F)F)c3)C2)CC1. The number of alkyl halides is 3. The maximum absolute atomic E-state index is 13.3. The number of amides is 2. The van der Waals surface area contributed by atoms with Crippen LogP contribution in [-0.2, 0) is 11.0 Å². The maximum Gasteiger partial charge on any atom is 0.433 e. The highest BCUT2D eigenvalue weighted by atomic mass is 32.1. The number of anilines is 1. The van der Waals surface area contributed by atoms with E-state index in [4.69, 9.17) is 0 Å². The zero-order valence-electron chi connectivity index (χ0n) is 18.0. The first kappa shape index (κ1) is 22.5. The second-order valence-corrected chi connectivity index (χ2v) is 9.13. The van der Waals surface area contributed by atoms with E-state index in [1.807, 2.05) is 5.10 Å². The Balaban J connectivity index is 1.26. The van der Waals surface area contributed by atoms with Crippen molar-refractivity contribution in [2.75, 3.05) is 37.6 Å². The first-order valence-electron chi connectivity index (χ1n) is 10.8. The summed E-state index contributed by atoms with van der Waals surface area (Å²) < 4.78 is 39.8. The smallest absolute Gasteiger partial charge is 0.334 e. The Hall–Kier alpha value is -3.25. The fourth-order valence-electron chi connectivity index (χ4n) is 4.50. The van der Waals surface area contributed by atoms with Gasteiger partial charge in [0.05, 0.1) is 6.20 Å². The summed E-state index contributed by atoms with van der Waals surface area (Å²) in [5, 5.41) is 7.82. The lowest BCUT2D eigenvalue weighted by Gasteiger charge is -2.37. The molecule has 4 heterocycles. The van der Waals surface area contributed by atoms with Crippen molar-refractivity contribution in [1.29, 1.82) is 0 Å². The van der Waals surface area contributed by atoms with Crippen molar-refractivity contribution in [1.82, 2.24) is 25.0 Å². The molecule has 2 fully saturated rings. The molecule has 1 aromatic carbocycles. The summed E-state index contributed by atoms with van der Waals surface area (Å²) in [4.78, 5) is 35.0. The Morgan fingerprint density at radius 1 is 1.18 bits per heavy atom. The van der Waals surface area contributed by atoms with E-state index < -0.39 is 11.9 Å². The van der Waals surface area contributed by atoms with Gasteiger partial charge in [-0.25, -0.2) is 4.98 Å². The van der Waals surface area contributed by atoms with Crippen LogP contribution < -0.4 is 4.90 Å². The predicted molar refractivity (Wildman–Crippen MR) is 119 cm³/mol. The first-order chi connectivity index (χ1) is 16.3. The molecule has 5 rings (SSSR count). The minimum Gasteiger partial charge on any atom is -0.334 e. The number of hydrogen-bond donors (Lipinski definition) is 1.